The fourth-order valence-electron chi connectivity index (χ4n) is 1.35. The van der Waals surface area contributed by atoms with Gasteiger partial charge in [0, 0.05) is 12.7 Å². The first-order valence-corrected chi connectivity index (χ1v) is 7.14. The summed E-state index contributed by atoms with van der Waals surface area (Å²) in [6.07, 6.45) is 4.01. The van der Waals surface area contributed by atoms with Crippen LogP contribution in [0.1, 0.15) is 22.5 Å². The molecule has 0 aliphatic heterocycles. The molecule has 1 rings (SSSR count). The number of carboxylic acid groups (broad SMARTS) is 1. The van der Waals surface area contributed by atoms with E-state index in [1.165, 1.54) is 12.3 Å². The normalized spacial score (nSPS) is 11.9. The predicted octanol–water partition coefficient (Wildman–Crippen LogP) is 0.476. The lowest BCUT2D eigenvalue weighted by molar-refractivity contribution is -0.122. The summed E-state index contributed by atoms with van der Waals surface area (Å²) in [6.45, 7) is 0.290. The zero-order valence-corrected chi connectivity index (χ0v) is 11.4. The monoisotopic (exact) mass is 283 g/mol. The van der Waals surface area contributed by atoms with Crippen molar-refractivity contribution in [3.8, 4) is 0 Å². The zero-order valence-electron chi connectivity index (χ0n) is 10.6. The largest absolute Gasteiger partial charge is 0.477 e. The summed E-state index contributed by atoms with van der Waals surface area (Å²) in [5.74, 6) is -0.449. The second kappa shape index (κ2) is 7.75. The highest BCUT2D eigenvalue weighted by Gasteiger charge is 2.12. The molecule has 6 nitrogen and oxygen atoms in total. The Balaban J connectivity index is 2.43. The first-order chi connectivity index (χ1) is 9.04. The summed E-state index contributed by atoms with van der Waals surface area (Å²) in [5, 5.41) is 11.4. The van der Waals surface area contributed by atoms with Crippen molar-refractivity contribution in [2.75, 3.05) is 12.0 Å². The van der Waals surface area contributed by atoms with Gasteiger partial charge in [-0.15, -0.1) is 0 Å². The summed E-state index contributed by atoms with van der Waals surface area (Å²) in [6, 6.07) is 2.50. The van der Waals surface area contributed by atoms with Gasteiger partial charge in [0.05, 0.1) is 6.04 Å². The topological polar surface area (TPSA) is 105 Å². The number of hydrogen-bond donors (Lipinski definition) is 3. The van der Waals surface area contributed by atoms with Crippen LogP contribution in [0.25, 0.3) is 0 Å². The average Bonchev–Trinajstić information content (AvgIpc) is 2.42. The summed E-state index contributed by atoms with van der Waals surface area (Å²) < 4.78 is 0. The van der Waals surface area contributed by atoms with Crippen LogP contribution in [-0.4, -0.2) is 40.0 Å². The summed E-state index contributed by atoms with van der Waals surface area (Å²) >= 11 is 1.64. The lowest BCUT2D eigenvalue weighted by Crippen LogP contribution is -2.40. The smallest absolute Gasteiger partial charge is 0.354 e. The minimum atomic E-state index is -1.07. The van der Waals surface area contributed by atoms with E-state index in [-0.39, 0.29) is 11.6 Å². The second-order valence-electron chi connectivity index (χ2n) is 3.96. The van der Waals surface area contributed by atoms with Gasteiger partial charge in [0.1, 0.15) is 5.69 Å². The molecule has 0 bridgehead atoms. The first-order valence-electron chi connectivity index (χ1n) is 5.75. The number of hydrogen-bond acceptors (Lipinski definition) is 5. The van der Waals surface area contributed by atoms with Crippen LogP contribution in [-0.2, 0) is 11.3 Å². The third-order valence-electron chi connectivity index (χ3n) is 2.48. The number of nitrogens with two attached hydrogens (primary N) is 1. The zero-order chi connectivity index (χ0) is 14.3. The number of nitrogens with zero attached hydrogens (tertiary/aromatic N) is 1. The Kier molecular flexibility index (Phi) is 6.31. The second-order valence-corrected chi connectivity index (χ2v) is 4.95. The molecule has 1 aromatic heterocycles. The third kappa shape index (κ3) is 5.27. The average molecular weight is 283 g/mol. The molecule has 0 radical (unpaired) electrons. The van der Waals surface area contributed by atoms with Crippen molar-refractivity contribution in [3.63, 3.8) is 0 Å². The molecule has 104 valence electrons. The fraction of sp³-hybridized carbons (Fsp3) is 0.417. The molecule has 0 aliphatic carbocycles. The van der Waals surface area contributed by atoms with E-state index in [0.717, 1.165) is 11.3 Å². The van der Waals surface area contributed by atoms with Crippen molar-refractivity contribution >= 4 is 23.6 Å². The number of carbonyl (C=O) groups is 2. The van der Waals surface area contributed by atoms with Crippen molar-refractivity contribution in [3.05, 3.63) is 29.6 Å². The Bertz CT molecular complexity index is 436. The summed E-state index contributed by atoms with van der Waals surface area (Å²) in [7, 11) is 0. The molecular formula is C12H17N3O3S. The summed E-state index contributed by atoms with van der Waals surface area (Å²) in [5.41, 5.74) is 6.42. The number of pyridine rings is 1. The van der Waals surface area contributed by atoms with Gasteiger partial charge in [-0.25, -0.2) is 9.78 Å². The van der Waals surface area contributed by atoms with Crippen LogP contribution in [0.5, 0.6) is 0 Å². The highest BCUT2D eigenvalue weighted by atomic mass is 32.2. The van der Waals surface area contributed by atoms with Crippen molar-refractivity contribution in [2.45, 2.75) is 19.0 Å². The van der Waals surface area contributed by atoms with E-state index in [2.05, 4.69) is 10.3 Å². The molecule has 7 heteroatoms. The van der Waals surface area contributed by atoms with Gasteiger partial charge in [-0.2, -0.15) is 11.8 Å². The van der Waals surface area contributed by atoms with Crippen molar-refractivity contribution in [1.82, 2.24) is 10.3 Å². The number of carbonyl (C=O) groups excluding carboxylic acids is 1. The molecule has 0 fully saturated rings. The van der Waals surface area contributed by atoms with Gasteiger partial charge in [0.2, 0.25) is 5.91 Å². The molecule has 1 amide bonds. The van der Waals surface area contributed by atoms with Gasteiger partial charge in [0.15, 0.2) is 0 Å². The van der Waals surface area contributed by atoms with Crippen LogP contribution < -0.4 is 11.1 Å². The molecular weight excluding hydrogens is 266 g/mol. The minimum Gasteiger partial charge on any atom is -0.477 e. The molecule has 0 aromatic carbocycles. The Morgan fingerprint density at radius 1 is 1.53 bits per heavy atom. The lowest BCUT2D eigenvalue weighted by atomic mass is 10.2. The van der Waals surface area contributed by atoms with E-state index < -0.39 is 12.0 Å². The molecule has 1 heterocycles. The van der Waals surface area contributed by atoms with Gasteiger partial charge in [-0.1, -0.05) is 6.07 Å². The fourth-order valence-corrected chi connectivity index (χ4v) is 1.84. The highest BCUT2D eigenvalue weighted by Crippen LogP contribution is 2.02. The standard InChI is InChI=1S/C12H17N3O3S/c1-19-5-4-9(13)11(16)15-7-8-2-3-10(12(17)18)14-6-8/h2-3,6,9H,4-5,7,13H2,1H3,(H,15,16)(H,17,18)/t9-/m0/s1. The molecule has 0 unspecified atom stereocenters. The third-order valence-corrected chi connectivity index (χ3v) is 3.12. The molecule has 0 aliphatic rings. The maximum atomic E-state index is 11.6. The molecule has 19 heavy (non-hydrogen) atoms. The number of thioether (sulfide) groups is 1. The predicted molar refractivity (Wildman–Crippen MR) is 74.0 cm³/mol. The lowest BCUT2D eigenvalue weighted by Gasteiger charge is -2.11. The molecule has 1 atom stereocenters. The van der Waals surface area contributed by atoms with E-state index in [4.69, 9.17) is 10.8 Å². The molecule has 4 N–H and O–H groups in total. The number of nitrogens with one attached hydrogen (secondary N) is 1. The quantitative estimate of drug-likeness (QED) is 0.672. The van der Waals surface area contributed by atoms with Gasteiger partial charge in [-0.05, 0) is 30.1 Å². The molecule has 0 saturated heterocycles. The van der Waals surface area contributed by atoms with Crippen LogP contribution in [0, 0.1) is 0 Å². The van der Waals surface area contributed by atoms with Crippen LogP contribution >= 0.6 is 11.8 Å². The Hall–Kier alpha value is -1.60. The number of aromatic carboxylic acids is 1. The SMILES string of the molecule is CSCC[C@H](N)C(=O)NCc1ccc(C(=O)O)nc1. The number of amides is 1. The number of aromatic nitrogens is 1. The van der Waals surface area contributed by atoms with E-state index in [1.54, 1.807) is 17.8 Å². The van der Waals surface area contributed by atoms with Crippen LogP contribution in [0.2, 0.25) is 0 Å². The van der Waals surface area contributed by atoms with E-state index in [9.17, 15) is 9.59 Å². The van der Waals surface area contributed by atoms with E-state index in [1.807, 2.05) is 6.26 Å². The Labute approximate surface area is 115 Å². The van der Waals surface area contributed by atoms with Crippen LogP contribution in [0.3, 0.4) is 0 Å². The van der Waals surface area contributed by atoms with Crippen molar-refractivity contribution in [2.24, 2.45) is 5.73 Å². The van der Waals surface area contributed by atoms with Crippen LogP contribution in [0.15, 0.2) is 18.3 Å². The van der Waals surface area contributed by atoms with E-state index >= 15 is 0 Å². The van der Waals surface area contributed by atoms with Crippen molar-refractivity contribution < 1.29 is 14.7 Å². The van der Waals surface area contributed by atoms with Gasteiger partial charge >= 0.3 is 5.97 Å². The van der Waals surface area contributed by atoms with Crippen LogP contribution in [0.4, 0.5) is 0 Å². The Morgan fingerprint density at radius 3 is 2.79 bits per heavy atom. The molecule has 0 spiro atoms. The Morgan fingerprint density at radius 2 is 2.26 bits per heavy atom. The maximum absolute atomic E-state index is 11.6. The van der Waals surface area contributed by atoms with Gasteiger partial charge in [-0.3, -0.25) is 4.79 Å². The highest BCUT2D eigenvalue weighted by molar-refractivity contribution is 7.98. The van der Waals surface area contributed by atoms with Gasteiger partial charge < -0.3 is 16.2 Å². The first kappa shape index (κ1) is 15.5. The van der Waals surface area contributed by atoms with Gasteiger partial charge in [0.25, 0.3) is 0 Å². The molecule has 0 saturated carbocycles. The summed E-state index contributed by atoms with van der Waals surface area (Å²) in [4.78, 5) is 26.0. The molecule has 1 aromatic rings. The van der Waals surface area contributed by atoms with E-state index in [0.29, 0.717) is 13.0 Å². The maximum Gasteiger partial charge on any atom is 0.354 e. The minimum absolute atomic E-state index is 0.0215. The number of rotatable bonds is 7. The number of carboxylic acids is 1. The van der Waals surface area contributed by atoms with Crippen molar-refractivity contribution in [1.29, 1.82) is 0 Å².